The van der Waals surface area contributed by atoms with Gasteiger partial charge in [-0.1, -0.05) is 5.16 Å². The molecule has 0 unspecified atom stereocenters. The second kappa shape index (κ2) is 2.92. The predicted octanol–water partition coefficient (Wildman–Crippen LogP) is 0.977. The predicted molar refractivity (Wildman–Crippen MR) is 49.5 cm³/mol. The largest absolute Gasteiger partial charge is 0.481 e. The molecule has 1 saturated carbocycles. The van der Waals surface area contributed by atoms with Crippen molar-refractivity contribution < 1.29 is 19.2 Å². The smallest absolute Gasteiger partial charge is 0.315 e. The number of nitrogens with zero attached hydrogens (tertiary/aromatic N) is 1. The summed E-state index contributed by atoms with van der Waals surface area (Å²) in [5.74, 6) is -0.517. The van der Waals surface area contributed by atoms with E-state index in [2.05, 4.69) is 5.16 Å². The molecule has 5 heteroatoms. The lowest BCUT2D eigenvalue weighted by atomic mass is 9.63. The van der Waals surface area contributed by atoms with Crippen LogP contribution in [-0.4, -0.2) is 22.0 Å². The van der Waals surface area contributed by atoms with Crippen LogP contribution in [0.1, 0.15) is 29.9 Å². The quantitative estimate of drug-likeness (QED) is 0.785. The third-order valence-electron chi connectivity index (χ3n) is 2.92. The van der Waals surface area contributed by atoms with E-state index in [0.29, 0.717) is 17.0 Å². The van der Waals surface area contributed by atoms with E-state index in [9.17, 15) is 14.7 Å². The minimum Gasteiger partial charge on any atom is -0.481 e. The van der Waals surface area contributed by atoms with Crippen molar-refractivity contribution in [2.24, 2.45) is 0 Å². The fourth-order valence-electron chi connectivity index (χ4n) is 2.22. The van der Waals surface area contributed by atoms with Crippen LogP contribution >= 0.6 is 0 Å². The lowest BCUT2D eigenvalue weighted by Crippen LogP contribution is -2.48. The number of rotatable bonds is 2. The van der Waals surface area contributed by atoms with Gasteiger partial charge in [0.2, 0.25) is 0 Å². The van der Waals surface area contributed by atoms with Gasteiger partial charge < -0.3 is 9.63 Å². The Balaban J connectivity index is 2.52. The Hall–Kier alpha value is -1.65. The van der Waals surface area contributed by atoms with Crippen LogP contribution in [0.3, 0.4) is 0 Å². The molecule has 0 radical (unpaired) electrons. The number of aliphatic carboxylic acids is 1. The number of carbonyl (C=O) groups excluding carboxylic acids is 1. The first-order chi connectivity index (χ1) is 6.97. The summed E-state index contributed by atoms with van der Waals surface area (Å²) < 4.78 is 4.94. The normalized spacial score (nSPS) is 18.7. The first-order valence-electron chi connectivity index (χ1n) is 4.66. The van der Waals surface area contributed by atoms with E-state index >= 15 is 0 Å². The number of aromatic nitrogens is 1. The molecule has 0 aromatic carbocycles. The molecule has 0 amide bonds. The summed E-state index contributed by atoms with van der Waals surface area (Å²) in [5, 5.41) is 12.9. The molecule has 0 saturated heterocycles. The molecule has 0 atom stereocenters. The molecule has 2 rings (SSSR count). The van der Waals surface area contributed by atoms with Gasteiger partial charge in [0.1, 0.15) is 17.0 Å². The highest BCUT2D eigenvalue weighted by Crippen LogP contribution is 2.44. The van der Waals surface area contributed by atoms with Crippen LogP contribution in [0.2, 0.25) is 0 Å². The zero-order valence-corrected chi connectivity index (χ0v) is 8.53. The molecule has 1 aromatic heterocycles. The maximum atomic E-state index is 11.2. The second-order valence-electron chi connectivity index (χ2n) is 3.98. The van der Waals surface area contributed by atoms with Gasteiger partial charge in [-0.15, -0.1) is 0 Å². The van der Waals surface area contributed by atoms with Crippen molar-refractivity contribution in [3.63, 3.8) is 0 Å². The maximum Gasteiger partial charge on any atom is 0.315 e. The van der Waals surface area contributed by atoms with E-state index in [1.807, 2.05) is 0 Å². The number of hydrogen-bond donors (Lipinski definition) is 1. The summed E-state index contributed by atoms with van der Waals surface area (Å²) in [5.41, 5.74) is 0.0302. The molecule has 0 spiro atoms. The van der Waals surface area contributed by atoms with Gasteiger partial charge >= 0.3 is 5.97 Å². The van der Waals surface area contributed by atoms with Gasteiger partial charge in [0, 0.05) is 18.4 Å². The van der Waals surface area contributed by atoms with Crippen LogP contribution in [0.4, 0.5) is 0 Å². The highest BCUT2D eigenvalue weighted by molar-refractivity contribution is 6.01. The molecule has 1 aliphatic carbocycles. The highest BCUT2D eigenvalue weighted by atomic mass is 16.5. The number of carboxylic acid groups (broad SMARTS) is 1. The molecule has 5 nitrogen and oxygen atoms in total. The number of aryl methyl sites for hydroxylation is 2. The maximum absolute atomic E-state index is 11.2. The third-order valence-corrected chi connectivity index (χ3v) is 2.92. The van der Waals surface area contributed by atoms with E-state index in [0.717, 1.165) is 0 Å². The van der Waals surface area contributed by atoms with Gasteiger partial charge in [-0.25, -0.2) is 0 Å². The Bertz CT molecular complexity index is 419. The summed E-state index contributed by atoms with van der Waals surface area (Å²) in [6.07, 6.45) is 0.0937. The minimum absolute atomic E-state index is 0.0302. The van der Waals surface area contributed by atoms with Crippen LogP contribution in [0.15, 0.2) is 4.52 Å². The number of carbonyl (C=O) groups is 2. The summed E-state index contributed by atoms with van der Waals surface area (Å²) in [6, 6.07) is 0. The fourth-order valence-corrected chi connectivity index (χ4v) is 2.22. The Kier molecular flexibility index (Phi) is 1.92. The first-order valence-corrected chi connectivity index (χ1v) is 4.66. The molecule has 80 valence electrons. The molecule has 1 aliphatic rings. The van der Waals surface area contributed by atoms with Gasteiger partial charge in [-0.05, 0) is 13.8 Å². The number of ketones is 1. The molecule has 1 aromatic rings. The average Bonchev–Trinajstić information content (AvgIpc) is 2.41. The van der Waals surface area contributed by atoms with E-state index < -0.39 is 11.4 Å². The van der Waals surface area contributed by atoms with Crippen LogP contribution in [-0.2, 0) is 15.0 Å². The van der Waals surface area contributed by atoms with Crippen LogP contribution in [0.25, 0.3) is 0 Å². The SMILES string of the molecule is Cc1noc(C)c1C1(C(=O)O)CC(=O)C1. The summed E-state index contributed by atoms with van der Waals surface area (Å²) in [7, 11) is 0. The molecule has 0 bridgehead atoms. The van der Waals surface area contributed by atoms with E-state index in [1.54, 1.807) is 13.8 Å². The molecular weight excluding hydrogens is 198 g/mol. The van der Waals surface area contributed by atoms with Gasteiger partial charge in [-0.2, -0.15) is 0 Å². The van der Waals surface area contributed by atoms with Crippen molar-refractivity contribution >= 4 is 11.8 Å². The monoisotopic (exact) mass is 209 g/mol. The molecule has 0 aliphatic heterocycles. The lowest BCUT2D eigenvalue weighted by molar-refractivity contribution is -0.153. The molecule has 1 fully saturated rings. The number of hydrogen-bond acceptors (Lipinski definition) is 4. The van der Waals surface area contributed by atoms with Gasteiger partial charge in [0.05, 0.1) is 5.69 Å². The van der Waals surface area contributed by atoms with Crippen molar-refractivity contribution in [2.75, 3.05) is 0 Å². The summed E-state index contributed by atoms with van der Waals surface area (Å²) >= 11 is 0. The zero-order chi connectivity index (χ0) is 11.2. The Morgan fingerprint density at radius 3 is 2.40 bits per heavy atom. The third kappa shape index (κ3) is 1.19. The lowest BCUT2D eigenvalue weighted by Gasteiger charge is -2.35. The second-order valence-corrected chi connectivity index (χ2v) is 3.98. The van der Waals surface area contributed by atoms with Crippen molar-refractivity contribution in [3.8, 4) is 0 Å². The van der Waals surface area contributed by atoms with Crippen molar-refractivity contribution in [1.29, 1.82) is 0 Å². The topological polar surface area (TPSA) is 80.4 Å². The zero-order valence-electron chi connectivity index (χ0n) is 8.53. The van der Waals surface area contributed by atoms with E-state index in [-0.39, 0.29) is 18.6 Å². The Labute approximate surface area is 86.1 Å². The average molecular weight is 209 g/mol. The fraction of sp³-hybridized carbons (Fsp3) is 0.500. The van der Waals surface area contributed by atoms with Gasteiger partial charge in [-0.3, -0.25) is 9.59 Å². The summed E-state index contributed by atoms with van der Waals surface area (Å²) in [4.78, 5) is 22.3. The minimum atomic E-state index is -1.09. The highest BCUT2D eigenvalue weighted by Gasteiger charge is 2.54. The Morgan fingerprint density at radius 2 is 2.07 bits per heavy atom. The summed E-state index contributed by atoms with van der Waals surface area (Å²) in [6.45, 7) is 3.36. The van der Waals surface area contributed by atoms with Crippen LogP contribution < -0.4 is 0 Å². The van der Waals surface area contributed by atoms with E-state index in [4.69, 9.17) is 4.52 Å². The molecular formula is C10H11NO4. The molecule has 15 heavy (non-hydrogen) atoms. The first kappa shape index (κ1) is 9.89. The van der Waals surface area contributed by atoms with Crippen molar-refractivity contribution in [1.82, 2.24) is 5.16 Å². The van der Waals surface area contributed by atoms with Crippen molar-refractivity contribution in [3.05, 3.63) is 17.0 Å². The molecule has 1 heterocycles. The van der Waals surface area contributed by atoms with E-state index in [1.165, 1.54) is 0 Å². The molecule has 1 N–H and O–H groups in total. The van der Waals surface area contributed by atoms with Gasteiger partial charge in [0.15, 0.2) is 0 Å². The van der Waals surface area contributed by atoms with Crippen molar-refractivity contribution in [2.45, 2.75) is 32.1 Å². The van der Waals surface area contributed by atoms with Crippen LogP contribution in [0, 0.1) is 13.8 Å². The number of Topliss-reactive ketones (excluding diaryl/α,β-unsaturated/α-hetero) is 1. The van der Waals surface area contributed by atoms with Gasteiger partial charge in [0.25, 0.3) is 0 Å². The number of carboxylic acids is 1. The standard InChI is InChI=1S/C10H11NO4/c1-5-8(6(2)15-11-5)10(9(13)14)3-7(12)4-10/h3-4H2,1-2H3,(H,13,14). The van der Waals surface area contributed by atoms with Crippen LogP contribution in [0.5, 0.6) is 0 Å². The Morgan fingerprint density at radius 1 is 1.47 bits per heavy atom.